The molecule has 1 fully saturated rings. The lowest BCUT2D eigenvalue weighted by Crippen LogP contribution is -2.22. The molecule has 110 valence electrons. The molecule has 0 bridgehead atoms. The second kappa shape index (κ2) is 4.30. The van der Waals surface area contributed by atoms with E-state index in [4.69, 9.17) is 4.18 Å². The van der Waals surface area contributed by atoms with Crippen LogP contribution < -0.4 is 4.18 Å². The van der Waals surface area contributed by atoms with Crippen molar-refractivity contribution in [1.29, 1.82) is 0 Å². The fourth-order valence-electron chi connectivity index (χ4n) is 2.63. The Balaban J connectivity index is 1.91. The predicted octanol–water partition coefficient (Wildman–Crippen LogP) is 2.15. The molecule has 1 aromatic carbocycles. The standard InChI is InChI=1S/C14H13FN2O3S/c15-10-2-1-3-11(8-10)17-14-12(6-7-21(18,19)20-14)13(16-17)9-4-5-9/h1-3,8-9H,4-7H2. The number of hydrogen-bond acceptors (Lipinski definition) is 4. The van der Waals surface area contributed by atoms with E-state index in [0.717, 1.165) is 24.1 Å². The van der Waals surface area contributed by atoms with E-state index < -0.39 is 15.9 Å². The Morgan fingerprint density at radius 1 is 1.33 bits per heavy atom. The molecule has 2 aliphatic rings. The first-order chi connectivity index (χ1) is 10.0. The number of hydrogen-bond donors (Lipinski definition) is 0. The highest BCUT2D eigenvalue weighted by Gasteiger charge is 2.37. The van der Waals surface area contributed by atoms with E-state index >= 15 is 0 Å². The fraction of sp³-hybridized carbons (Fsp3) is 0.357. The summed E-state index contributed by atoms with van der Waals surface area (Å²) in [7, 11) is -3.58. The van der Waals surface area contributed by atoms with Crippen LogP contribution in [0.25, 0.3) is 5.69 Å². The van der Waals surface area contributed by atoms with Crippen molar-refractivity contribution in [2.24, 2.45) is 0 Å². The monoisotopic (exact) mass is 308 g/mol. The smallest absolute Gasteiger partial charge is 0.311 e. The van der Waals surface area contributed by atoms with Gasteiger partial charge >= 0.3 is 10.1 Å². The van der Waals surface area contributed by atoms with Gasteiger partial charge in [0.05, 0.1) is 17.1 Å². The minimum Gasteiger partial charge on any atom is -0.361 e. The van der Waals surface area contributed by atoms with Gasteiger partial charge in [-0.1, -0.05) is 6.07 Å². The van der Waals surface area contributed by atoms with Crippen molar-refractivity contribution in [3.8, 4) is 11.6 Å². The summed E-state index contributed by atoms with van der Waals surface area (Å²) in [5.41, 5.74) is 2.20. The van der Waals surface area contributed by atoms with Gasteiger partial charge in [0.25, 0.3) is 0 Å². The third-order valence-electron chi connectivity index (χ3n) is 3.79. The van der Waals surface area contributed by atoms with Crippen LogP contribution in [0.3, 0.4) is 0 Å². The summed E-state index contributed by atoms with van der Waals surface area (Å²) in [5.74, 6) is 0.157. The number of halogens is 1. The number of nitrogens with zero attached hydrogens (tertiary/aromatic N) is 2. The first-order valence-electron chi connectivity index (χ1n) is 6.83. The van der Waals surface area contributed by atoms with Crippen LogP contribution in [-0.4, -0.2) is 24.0 Å². The van der Waals surface area contributed by atoms with Crippen molar-refractivity contribution in [2.45, 2.75) is 25.2 Å². The van der Waals surface area contributed by atoms with Gasteiger partial charge < -0.3 is 4.18 Å². The van der Waals surface area contributed by atoms with Gasteiger partial charge in [-0.05, 0) is 37.5 Å². The Kier molecular flexibility index (Phi) is 2.63. The maximum absolute atomic E-state index is 13.4. The average molecular weight is 308 g/mol. The van der Waals surface area contributed by atoms with Crippen molar-refractivity contribution in [3.63, 3.8) is 0 Å². The summed E-state index contributed by atoms with van der Waals surface area (Å²) >= 11 is 0. The van der Waals surface area contributed by atoms with Gasteiger partial charge in [0.2, 0.25) is 5.88 Å². The lowest BCUT2D eigenvalue weighted by molar-refractivity contribution is 0.452. The second-order valence-electron chi connectivity index (χ2n) is 5.43. The van der Waals surface area contributed by atoms with E-state index in [0.29, 0.717) is 18.0 Å². The largest absolute Gasteiger partial charge is 0.361 e. The van der Waals surface area contributed by atoms with E-state index in [1.54, 1.807) is 12.1 Å². The SMILES string of the molecule is O=S1(=O)CCc2c(C3CC3)nn(-c3cccc(F)c3)c2O1. The molecule has 0 spiro atoms. The molecule has 7 heteroatoms. The van der Waals surface area contributed by atoms with Crippen LogP contribution in [-0.2, 0) is 16.5 Å². The van der Waals surface area contributed by atoms with Gasteiger partial charge in [-0.3, -0.25) is 0 Å². The number of fused-ring (bicyclic) bond motifs is 1. The van der Waals surface area contributed by atoms with Crippen LogP contribution in [0.1, 0.15) is 30.0 Å². The maximum Gasteiger partial charge on any atom is 0.311 e. The molecule has 1 aromatic heterocycles. The van der Waals surface area contributed by atoms with Crippen molar-refractivity contribution in [3.05, 3.63) is 41.3 Å². The third kappa shape index (κ3) is 2.21. The molecular weight excluding hydrogens is 295 g/mol. The quantitative estimate of drug-likeness (QED) is 0.798. The molecule has 2 aromatic rings. The zero-order valence-corrected chi connectivity index (χ0v) is 11.9. The van der Waals surface area contributed by atoms with E-state index in [1.807, 2.05) is 0 Å². The van der Waals surface area contributed by atoms with E-state index in [9.17, 15) is 12.8 Å². The zero-order valence-electron chi connectivity index (χ0n) is 11.1. The highest BCUT2D eigenvalue weighted by atomic mass is 32.2. The fourth-order valence-corrected chi connectivity index (χ4v) is 3.58. The molecular formula is C14H13FN2O3S. The Bertz CT molecular complexity index is 825. The lowest BCUT2D eigenvalue weighted by atomic mass is 10.1. The molecule has 21 heavy (non-hydrogen) atoms. The van der Waals surface area contributed by atoms with Crippen LogP contribution in [0.15, 0.2) is 24.3 Å². The molecule has 0 radical (unpaired) electrons. The van der Waals surface area contributed by atoms with Crippen molar-refractivity contribution >= 4 is 10.1 Å². The van der Waals surface area contributed by atoms with Crippen LogP contribution in [0.4, 0.5) is 4.39 Å². The minimum absolute atomic E-state index is 0.0332. The third-order valence-corrected chi connectivity index (χ3v) is 4.91. The molecule has 0 saturated heterocycles. The highest BCUT2D eigenvalue weighted by molar-refractivity contribution is 7.87. The normalized spacial score (nSPS) is 19.9. The zero-order chi connectivity index (χ0) is 14.6. The Hall–Kier alpha value is -1.89. The average Bonchev–Trinajstić information content (AvgIpc) is 3.20. The van der Waals surface area contributed by atoms with Crippen molar-refractivity contribution < 1.29 is 17.0 Å². The molecule has 0 atom stereocenters. The van der Waals surface area contributed by atoms with E-state index in [2.05, 4.69) is 5.10 Å². The first kappa shape index (κ1) is 12.8. The number of rotatable bonds is 2. The molecule has 5 nitrogen and oxygen atoms in total. The predicted molar refractivity (Wildman–Crippen MR) is 73.6 cm³/mol. The Labute approximate surface area is 121 Å². The molecule has 0 amide bonds. The molecule has 0 N–H and O–H groups in total. The van der Waals surface area contributed by atoms with Crippen LogP contribution in [0.5, 0.6) is 5.88 Å². The number of benzene rings is 1. The topological polar surface area (TPSA) is 61.2 Å². The number of aromatic nitrogens is 2. The van der Waals surface area contributed by atoms with Gasteiger partial charge in [-0.25, -0.2) is 4.39 Å². The van der Waals surface area contributed by atoms with Crippen LogP contribution in [0, 0.1) is 5.82 Å². The Morgan fingerprint density at radius 3 is 2.86 bits per heavy atom. The van der Waals surface area contributed by atoms with Crippen molar-refractivity contribution in [1.82, 2.24) is 9.78 Å². The molecule has 0 unspecified atom stereocenters. The summed E-state index contributed by atoms with van der Waals surface area (Å²) in [6, 6.07) is 5.89. The van der Waals surface area contributed by atoms with Crippen LogP contribution in [0.2, 0.25) is 0 Å². The maximum atomic E-state index is 13.4. The van der Waals surface area contributed by atoms with Gasteiger partial charge in [0, 0.05) is 11.5 Å². The minimum atomic E-state index is -3.58. The van der Waals surface area contributed by atoms with Gasteiger partial charge in [-0.15, -0.1) is 0 Å². The van der Waals surface area contributed by atoms with Gasteiger partial charge in [0.15, 0.2) is 0 Å². The summed E-state index contributed by atoms with van der Waals surface area (Å²) in [6.45, 7) is 0. The summed E-state index contributed by atoms with van der Waals surface area (Å²) in [4.78, 5) is 0. The molecule has 1 saturated carbocycles. The molecule has 1 aliphatic heterocycles. The second-order valence-corrected chi connectivity index (χ2v) is 7.12. The highest BCUT2D eigenvalue weighted by Crippen LogP contribution is 2.45. The summed E-state index contributed by atoms with van der Waals surface area (Å²) < 4.78 is 43.4. The summed E-state index contributed by atoms with van der Waals surface area (Å²) in [5, 5.41) is 4.49. The van der Waals surface area contributed by atoms with E-state index in [-0.39, 0.29) is 11.6 Å². The van der Waals surface area contributed by atoms with Gasteiger partial charge in [-0.2, -0.15) is 18.2 Å². The molecule has 1 aliphatic carbocycles. The molecule has 4 rings (SSSR count). The first-order valence-corrected chi connectivity index (χ1v) is 8.41. The lowest BCUT2D eigenvalue weighted by Gasteiger charge is -2.15. The van der Waals surface area contributed by atoms with Gasteiger partial charge in [0.1, 0.15) is 5.82 Å². The summed E-state index contributed by atoms with van der Waals surface area (Å²) in [6.07, 6.45) is 2.51. The van der Waals surface area contributed by atoms with E-state index in [1.165, 1.54) is 16.8 Å². The molecule has 2 heterocycles. The van der Waals surface area contributed by atoms with Crippen molar-refractivity contribution in [2.75, 3.05) is 5.75 Å². The van der Waals surface area contributed by atoms with Crippen LogP contribution >= 0.6 is 0 Å². The Morgan fingerprint density at radius 2 is 2.14 bits per heavy atom.